The Morgan fingerprint density at radius 3 is 2.47 bits per heavy atom. The van der Waals surface area contributed by atoms with Gasteiger partial charge in [-0.15, -0.1) is 0 Å². The van der Waals surface area contributed by atoms with Gasteiger partial charge in [0.15, 0.2) is 0 Å². The highest BCUT2D eigenvalue weighted by molar-refractivity contribution is 5.70. The van der Waals surface area contributed by atoms with Gasteiger partial charge in [-0.3, -0.25) is 9.67 Å². The number of anilines is 3. The standard InChI is InChI=1S/C22H22FN7/c1-15(2)30-14-18(12-27-30)17-9-20(26-11-16-3-5-19(23)6-4-16)28-21(10-17)29-22-13-24-7-8-25-22/h3-10,12-15H,11H2,1-2H3,(H2,25,26,28,29). The summed E-state index contributed by atoms with van der Waals surface area (Å²) in [5.74, 6) is 1.66. The quantitative estimate of drug-likeness (QED) is 0.461. The Morgan fingerprint density at radius 2 is 1.77 bits per heavy atom. The fourth-order valence-electron chi connectivity index (χ4n) is 2.91. The van der Waals surface area contributed by atoms with Crippen LogP contribution in [-0.2, 0) is 6.54 Å². The SMILES string of the molecule is CC(C)n1cc(-c2cc(NCc3ccc(F)cc3)nc(Nc3cnccn3)c2)cn1. The maximum Gasteiger partial charge on any atom is 0.150 e. The maximum atomic E-state index is 13.1. The molecule has 4 aromatic rings. The van der Waals surface area contributed by atoms with Crippen molar-refractivity contribution in [2.45, 2.75) is 26.4 Å². The fourth-order valence-corrected chi connectivity index (χ4v) is 2.91. The van der Waals surface area contributed by atoms with Crippen LogP contribution in [0.1, 0.15) is 25.5 Å². The molecule has 0 fully saturated rings. The summed E-state index contributed by atoms with van der Waals surface area (Å²) >= 11 is 0. The topological polar surface area (TPSA) is 80.5 Å². The van der Waals surface area contributed by atoms with Gasteiger partial charge in [0, 0.05) is 36.7 Å². The molecule has 0 aliphatic carbocycles. The molecule has 0 saturated heterocycles. The first-order chi connectivity index (χ1) is 14.6. The highest BCUT2D eigenvalue weighted by Crippen LogP contribution is 2.27. The zero-order valence-corrected chi connectivity index (χ0v) is 16.7. The molecule has 7 nitrogen and oxygen atoms in total. The zero-order valence-electron chi connectivity index (χ0n) is 16.7. The van der Waals surface area contributed by atoms with E-state index in [1.807, 2.05) is 29.2 Å². The number of hydrogen-bond donors (Lipinski definition) is 2. The van der Waals surface area contributed by atoms with Crippen LogP contribution in [0.3, 0.4) is 0 Å². The Morgan fingerprint density at radius 1 is 0.967 bits per heavy atom. The van der Waals surface area contributed by atoms with Crippen LogP contribution in [0.25, 0.3) is 11.1 Å². The van der Waals surface area contributed by atoms with E-state index < -0.39 is 0 Å². The minimum Gasteiger partial charge on any atom is -0.366 e. The lowest BCUT2D eigenvalue weighted by Gasteiger charge is -2.11. The van der Waals surface area contributed by atoms with Gasteiger partial charge in [0.25, 0.3) is 0 Å². The summed E-state index contributed by atoms with van der Waals surface area (Å²) in [6, 6.07) is 10.6. The first-order valence-corrected chi connectivity index (χ1v) is 9.65. The molecule has 0 aliphatic heterocycles. The van der Waals surface area contributed by atoms with E-state index in [0.29, 0.717) is 24.0 Å². The molecule has 3 heterocycles. The van der Waals surface area contributed by atoms with E-state index >= 15 is 0 Å². The molecule has 152 valence electrons. The van der Waals surface area contributed by atoms with Gasteiger partial charge < -0.3 is 10.6 Å². The summed E-state index contributed by atoms with van der Waals surface area (Å²) in [5.41, 5.74) is 2.91. The van der Waals surface area contributed by atoms with Gasteiger partial charge in [0.05, 0.1) is 12.4 Å². The average Bonchev–Trinajstić information content (AvgIpc) is 3.25. The molecule has 30 heavy (non-hydrogen) atoms. The lowest BCUT2D eigenvalue weighted by atomic mass is 10.1. The zero-order chi connectivity index (χ0) is 20.9. The molecule has 0 bridgehead atoms. The van der Waals surface area contributed by atoms with Crippen LogP contribution in [0.2, 0.25) is 0 Å². The van der Waals surface area contributed by atoms with Crippen LogP contribution in [0.15, 0.2) is 67.4 Å². The molecule has 0 atom stereocenters. The number of nitrogens with one attached hydrogen (secondary N) is 2. The third-order valence-electron chi connectivity index (χ3n) is 4.50. The summed E-state index contributed by atoms with van der Waals surface area (Å²) in [6.45, 7) is 4.69. The second kappa shape index (κ2) is 8.69. The van der Waals surface area contributed by atoms with E-state index in [0.717, 1.165) is 16.7 Å². The molecule has 1 aromatic carbocycles. The van der Waals surface area contributed by atoms with Crippen molar-refractivity contribution in [3.63, 3.8) is 0 Å². The van der Waals surface area contributed by atoms with Crippen LogP contribution in [0, 0.1) is 5.82 Å². The second-order valence-electron chi connectivity index (χ2n) is 7.12. The van der Waals surface area contributed by atoms with Crippen molar-refractivity contribution < 1.29 is 4.39 Å². The number of rotatable bonds is 7. The van der Waals surface area contributed by atoms with E-state index in [1.54, 1.807) is 30.7 Å². The first kappa shape index (κ1) is 19.5. The molecular weight excluding hydrogens is 381 g/mol. The van der Waals surface area contributed by atoms with Crippen LogP contribution < -0.4 is 10.6 Å². The monoisotopic (exact) mass is 403 g/mol. The normalized spacial score (nSPS) is 10.9. The van der Waals surface area contributed by atoms with Crippen molar-refractivity contribution >= 4 is 17.5 Å². The molecule has 3 aromatic heterocycles. The Balaban J connectivity index is 1.63. The molecule has 0 amide bonds. The van der Waals surface area contributed by atoms with E-state index in [2.05, 4.69) is 44.5 Å². The smallest absolute Gasteiger partial charge is 0.150 e. The number of pyridine rings is 1. The highest BCUT2D eigenvalue weighted by atomic mass is 19.1. The molecule has 4 rings (SSSR count). The van der Waals surface area contributed by atoms with Crippen LogP contribution in [-0.4, -0.2) is 24.7 Å². The molecule has 0 radical (unpaired) electrons. The van der Waals surface area contributed by atoms with Crippen molar-refractivity contribution in [3.8, 4) is 11.1 Å². The fraction of sp³-hybridized carbons (Fsp3) is 0.182. The molecule has 0 saturated carbocycles. The lowest BCUT2D eigenvalue weighted by molar-refractivity contribution is 0.532. The largest absolute Gasteiger partial charge is 0.366 e. The first-order valence-electron chi connectivity index (χ1n) is 9.65. The Hall–Kier alpha value is -3.81. The third-order valence-corrected chi connectivity index (χ3v) is 4.50. The number of nitrogens with zero attached hydrogens (tertiary/aromatic N) is 5. The summed E-state index contributed by atoms with van der Waals surface area (Å²) in [4.78, 5) is 13.0. The third kappa shape index (κ3) is 4.78. The van der Waals surface area contributed by atoms with Gasteiger partial charge >= 0.3 is 0 Å². The molecule has 0 spiro atoms. The Kier molecular flexibility index (Phi) is 5.65. The van der Waals surface area contributed by atoms with Gasteiger partial charge in [-0.2, -0.15) is 5.10 Å². The van der Waals surface area contributed by atoms with Crippen LogP contribution in [0.5, 0.6) is 0 Å². The van der Waals surface area contributed by atoms with Crippen LogP contribution >= 0.6 is 0 Å². The van der Waals surface area contributed by atoms with Crippen molar-refractivity contribution in [1.29, 1.82) is 0 Å². The van der Waals surface area contributed by atoms with Gasteiger partial charge in [0.2, 0.25) is 0 Å². The lowest BCUT2D eigenvalue weighted by Crippen LogP contribution is -2.04. The van der Waals surface area contributed by atoms with E-state index in [4.69, 9.17) is 0 Å². The predicted octanol–water partition coefficient (Wildman–Crippen LogP) is 4.81. The van der Waals surface area contributed by atoms with Crippen molar-refractivity contribution in [2.75, 3.05) is 10.6 Å². The summed E-state index contributed by atoms with van der Waals surface area (Å²) in [5, 5.41) is 10.9. The number of aromatic nitrogens is 5. The molecule has 8 heteroatoms. The molecule has 0 unspecified atom stereocenters. The van der Waals surface area contributed by atoms with Gasteiger partial charge in [-0.1, -0.05) is 12.1 Å². The molecule has 0 aliphatic rings. The van der Waals surface area contributed by atoms with E-state index in [-0.39, 0.29) is 11.9 Å². The Labute approximate surface area is 174 Å². The van der Waals surface area contributed by atoms with Gasteiger partial charge in [0.1, 0.15) is 23.3 Å². The van der Waals surface area contributed by atoms with Gasteiger partial charge in [-0.25, -0.2) is 14.4 Å². The second-order valence-corrected chi connectivity index (χ2v) is 7.12. The van der Waals surface area contributed by atoms with Crippen molar-refractivity contribution in [3.05, 3.63) is 78.8 Å². The average molecular weight is 403 g/mol. The number of benzene rings is 1. The molecule has 2 N–H and O–H groups in total. The van der Waals surface area contributed by atoms with Gasteiger partial charge in [-0.05, 0) is 49.2 Å². The van der Waals surface area contributed by atoms with Crippen molar-refractivity contribution in [1.82, 2.24) is 24.7 Å². The highest BCUT2D eigenvalue weighted by Gasteiger charge is 2.09. The predicted molar refractivity (Wildman–Crippen MR) is 115 cm³/mol. The summed E-state index contributed by atoms with van der Waals surface area (Å²) in [6.07, 6.45) is 8.72. The van der Waals surface area contributed by atoms with Crippen LogP contribution in [0.4, 0.5) is 21.8 Å². The minimum absolute atomic E-state index is 0.253. The van der Waals surface area contributed by atoms with E-state index in [9.17, 15) is 4.39 Å². The summed E-state index contributed by atoms with van der Waals surface area (Å²) < 4.78 is 15.1. The minimum atomic E-state index is -0.253. The molecular formula is C22H22FN7. The number of hydrogen-bond acceptors (Lipinski definition) is 6. The maximum absolute atomic E-state index is 13.1. The summed E-state index contributed by atoms with van der Waals surface area (Å²) in [7, 11) is 0. The van der Waals surface area contributed by atoms with E-state index in [1.165, 1.54) is 12.1 Å². The number of halogens is 1. The Bertz CT molecular complexity index is 1110. The van der Waals surface area contributed by atoms with Crippen molar-refractivity contribution in [2.24, 2.45) is 0 Å².